The van der Waals surface area contributed by atoms with Gasteiger partial charge < -0.3 is 24.7 Å². The van der Waals surface area contributed by atoms with E-state index in [1.54, 1.807) is 7.11 Å². The van der Waals surface area contributed by atoms with Gasteiger partial charge in [-0.15, -0.1) is 0 Å². The summed E-state index contributed by atoms with van der Waals surface area (Å²) in [6.07, 6.45) is 3.05. The van der Waals surface area contributed by atoms with Gasteiger partial charge in [-0.2, -0.15) is 0 Å². The molecule has 0 aliphatic carbocycles. The van der Waals surface area contributed by atoms with E-state index in [1.807, 2.05) is 29.7 Å². The Morgan fingerprint density at radius 3 is 2.79 bits per heavy atom. The number of rotatable bonds is 5. The van der Waals surface area contributed by atoms with Gasteiger partial charge in [0.1, 0.15) is 13.3 Å². The smallest absolute Gasteiger partial charge is 0.231 e. The maximum absolute atomic E-state index is 5.85. The van der Waals surface area contributed by atoms with Crippen LogP contribution < -0.4 is 24.7 Å². The summed E-state index contributed by atoms with van der Waals surface area (Å²) in [4.78, 5) is 0. The molecule has 2 aromatic carbocycles. The van der Waals surface area contributed by atoms with E-state index in [0.29, 0.717) is 18.9 Å². The minimum Gasteiger partial charge on any atom is -0.493 e. The molecule has 2 aliphatic heterocycles. The lowest BCUT2D eigenvalue weighted by molar-refractivity contribution is -0.423. The minimum atomic E-state index is 0.269. The lowest BCUT2D eigenvalue weighted by Gasteiger charge is -2.18. The van der Waals surface area contributed by atoms with Crippen molar-refractivity contribution >= 4 is 18.5 Å². The van der Waals surface area contributed by atoms with Crippen LogP contribution in [0.25, 0.3) is 11.8 Å². The molecule has 0 unspecified atom stereocenters. The van der Waals surface area contributed by atoms with Gasteiger partial charge in [-0.1, -0.05) is 6.07 Å². The molecule has 0 atom stereocenters. The van der Waals surface area contributed by atoms with Crippen LogP contribution >= 0.6 is 0 Å². The molecule has 0 amide bonds. The third-order valence-corrected chi connectivity index (χ3v) is 5.15. The Bertz CT molecular complexity index is 965. The lowest BCUT2D eigenvalue weighted by atomic mass is 9.94. The Hall–Kier alpha value is -2.99. The Morgan fingerprint density at radius 2 is 2.04 bits per heavy atom. The number of hydrogen-bond acceptors (Lipinski definition) is 5. The highest BCUT2D eigenvalue weighted by molar-refractivity contribution is 5.82. The van der Waals surface area contributed by atoms with Gasteiger partial charge >= 0.3 is 0 Å². The zero-order chi connectivity index (χ0) is 19.7. The van der Waals surface area contributed by atoms with Crippen molar-refractivity contribution in [1.82, 2.24) is 0 Å². The molecule has 2 aromatic rings. The first kappa shape index (κ1) is 18.4. The monoisotopic (exact) mass is 381 g/mol. The van der Waals surface area contributed by atoms with Gasteiger partial charge in [0, 0.05) is 24.6 Å². The van der Waals surface area contributed by atoms with Gasteiger partial charge in [0.25, 0.3) is 0 Å². The van der Waals surface area contributed by atoms with Crippen molar-refractivity contribution in [1.29, 1.82) is 0 Å². The number of methoxy groups -OCH3 is 1. The van der Waals surface area contributed by atoms with Crippen LogP contribution in [0.2, 0.25) is 0 Å². The number of nitrogens with two attached hydrogens (primary N) is 1. The number of nitrogens with zero attached hydrogens (tertiary/aromatic N) is 1. The summed E-state index contributed by atoms with van der Waals surface area (Å²) >= 11 is 0. The summed E-state index contributed by atoms with van der Waals surface area (Å²) in [5.41, 5.74) is 11.0. The summed E-state index contributed by atoms with van der Waals surface area (Å²) in [7, 11) is 1.64. The van der Waals surface area contributed by atoms with Gasteiger partial charge in [0.2, 0.25) is 12.5 Å². The Balaban J connectivity index is 1.80. The largest absolute Gasteiger partial charge is 0.493 e. The highest BCUT2D eigenvalue weighted by Gasteiger charge is 2.28. The number of hydrogen-bond donors (Lipinski definition) is 1. The lowest BCUT2D eigenvalue weighted by Crippen LogP contribution is -2.19. The number of ether oxygens (including phenoxy) is 4. The molecule has 6 nitrogen and oxygen atoms in total. The van der Waals surface area contributed by atoms with Crippen LogP contribution in [0.1, 0.15) is 22.3 Å². The first-order valence-electron chi connectivity index (χ1n) is 9.35. The first-order valence-corrected chi connectivity index (χ1v) is 9.35. The van der Waals surface area contributed by atoms with E-state index < -0.39 is 0 Å². The summed E-state index contributed by atoms with van der Waals surface area (Å²) in [6.45, 7) is 8.24. The van der Waals surface area contributed by atoms with Crippen molar-refractivity contribution in [3.05, 3.63) is 46.5 Å². The SMILES string of the molecule is C=[N+]1CCc2cc3c(cc2/C1=C/c1ccc(OC)c(OCCN)c1C)OCO3. The Labute approximate surface area is 164 Å². The van der Waals surface area contributed by atoms with Crippen LogP contribution in [0.3, 0.4) is 0 Å². The topological polar surface area (TPSA) is 66.0 Å². The van der Waals surface area contributed by atoms with Crippen molar-refractivity contribution in [2.24, 2.45) is 5.73 Å². The molecule has 0 spiro atoms. The summed E-state index contributed by atoms with van der Waals surface area (Å²) in [6, 6.07) is 8.08. The molecule has 28 heavy (non-hydrogen) atoms. The second-order valence-electron chi connectivity index (χ2n) is 6.85. The molecule has 146 valence electrons. The fourth-order valence-corrected chi connectivity index (χ4v) is 3.63. The van der Waals surface area contributed by atoms with Gasteiger partial charge in [-0.25, -0.2) is 4.58 Å². The fourth-order valence-electron chi connectivity index (χ4n) is 3.63. The average Bonchev–Trinajstić information content (AvgIpc) is 3.16. The molecule has 0 fully saturated rings. The fraction of sp³-hybridized carbons (Fsp3) is 0.318. The summed E-state index contributed by atoms with van der Waals surface area (Å²) in [5, 5.41) is 0. The zero-order valence-corrected chi connectivity index (χ0v) is 16.3. The highest BCUT2D eigenvalue weighted by Crippen LogP contribution is 2.40. The van der Waals surface area contributed by atoms with Gasteiger partial charge in [0.05, 0.1) is 12.7 Å². The maximum Gasteiger partial charge on any atom is 0.231 e. The van der Waals surface area contributed by atoms with Crippen LogP contribution in [0.5, 0.6) is 23.0 Å². The molecule has 0 saturated heterocycles. The molecule has 2 aliphatic rings. The molecule has 2 N–H and O–H groups in total. The Morgan fingerprint density at radius 1 is 1.25 bits per heavy atom. The van der Waals surface area contributed by atoms with Crippen LogP contribution in [0, 0.1) is 6.92 Å². The predicted octanol–water partition coefficient (Wildman–Crippen LogP) is 2.84. The van der Waals surface area contributed by atoms with Crippen molar-refractivity contribution in [3.8, 4) is 23.0 Å². The van der Waals surface area contributed by atoms with Gasteiger partial charge in [-0.3, -0.25) is 0 Å². The molecule has 0 bridgehead atoms. The van der Waals surface area contributed by atoms with Crippen LogP contribution in [-0.2, 0) is 6.42 Å². The maximum atomic E-state index is 5.85. The van der Waals surface area contributed by atoms with Crippen molar-refractivity contribution in [2.75, 3.05) is 33.6 Å². The molecule has 0 radical (unpaired) electrons. The first-order chi connectivity index (χ1) is 13.6. The van der Waals surface area contributed by atoms with Crippen LogP contribution in [0.4, 0.5) is 0 Å². The van der Waals surface area contributed by atoms with E-state index >= 15 is 0 Å². The highest BCUT2D eigenvalue weighted by atomic mass is 16.7. The molecule has 6 heteroatoms. The third-order valence-electron chi connectivity index (χ3n) is 5.15. The minimum absolute atomic E-state index is 0.269. The number of fused-ring (bicyclic) bond motifs is 2. The quantitative estimate of drug-likeness (QED) is 0.807. The van der Waals surface area contributed by atoms with Crippen LogP contribution in [0.15, 0.2) is 24.3 Å². The Kier molecular flexibility index (Phi) is 4.96. The molecule has 4 rings (SSSR count). The molecular weight excluding hydrogens is 356 g/mol. The molecular formula is C22H25N2O4+. The van der Waals surface area contributed by atoms with Crippen LogP contribution in [-0.4, -0.2) is 44.9 Å². The predicted molar refractivity (Wildman–Crippen MR) is 109 cm³/mol. The third kappa shape index (κ3) is 3.20. The standard InChI is InChI=1S/C22H25N2O4/c1-14-15(4-5-19(25-3)22(14)26-9-7-23)10-18-17-12-21-20(27-13-28-21)11-16(17)6-8-24(18)2/h4-5,10-12H,2,6-9,13,23H2,1,3H3/q+1/b18-10-. The van der Waals surface area contributed by atoms with Crippen molar-refractivity contribution < 1.29 is 23.5 Å². The van der Waals surface area contributed by atoms with Crippen molar-refractivity contribution in [3.63, 3.8) is 0 Å². The van der Waals surface area contributed by atoms with E-state index in [9.17, 15) is 0 Å². The number of benzene rings is 2. The second-order valence-corrected chi connectivity index (χ2v) is 6.85. The summed E-state index contributed by atoms with van der Waals surface area (Å²) in [5.74, 6) is 3.01. The zero-order valence-electron chi connectivity index (χ0n) is 16.3. The summed E-state index contributed by atoms with van der Waals surface area (Å²) < 4.78 is 24.4. The normalized spacial score (nSPS) is 16.2. The van der Waals surface area contributed by atoms with E-state index in [1.165, 1.54) is 5.56 Å². The van der Waals surface area contributed by atoms with E-state index in [-0.39, 0.29) is 6.79 Å². The molecule has 0 saturated carbocycles. The molecule has 0 aromatic heterocycles. The average molecular weight is 381 g/mol. The van der Waals surface area contributed by atoms with Crippen molar-refractivity contribution in [2.45, 2.75) is 13.3 Å². The van der Waals surface area contributed by atoms with Gasteiger partial charge in [-0.05, 0) is 36.2 Å². The van der Waals surface area contributed by atoms with E-state index in [4.69, 9.17) is 24.7 Å². The molecule has 2 heterocycles. The second kappa shape index (κ2) is 7.56. The van der Waals surface area contributed by atoms with Gasteiger partial charge in [0.15, 0.2) is 29.5 Å². The van der Waals surface area contributed by atoms with E-state index in [0.717, 1.165) is 52.6 Å². The van der Waals surface area contributed by atoms with E-state index in [2.05, 4.69) is 18.9 Å².